The molecule has 0 saturated carbocycles. The molecule has 1 aliphatic rings. The number of urea groups is 1. The van der Waals surface area contributed by atoms with E-state index in [1.54, 1.807) is 0 Å². The Morgan fingerprint density at radius 3 is 2.62 bits per heavy atom. The van der Waals surface area contributed by atoms with Crippen LogP contribution in [0, 0.1) is 0 Å². The average Bonchev–Trinajstić information content (AvgIpc) is 2.48. The Bertz CT molecular complexity index is 319. The number of amides is 2. The predicted molar refractivity (Wildman–Crippen MR) is 81.4 cm³/mol. The first-order valence-electron chi connectivity index (χ1n) is 7.83. The highest BCUT2D eigenvalue weighted by atomic mass is 16.4. The van der Waals surface area contributed by atoms with Gasteiger partial charge in [-0.2, -0.15) is 0 Å². The number of aliphatic carboxylic acids is 1. The maximum atomic E-state index is 11.7. The maximum Gasteiger partial charge on any atom is 0.326 e. The molecule has 21 heavy (non-hydrogen) atoms. The number of unbranched alkanes of at least 4 members (excludes halogenated alkanes) is 1. The minimum Gasteiger partial charge on any atom is -0.480 e. The van der Waals surface area contributed by atoms with Crippen LogP contribution < -0.4 is 16.0 Å². The number of nitrogens with zero attached hydrogens (tertiary/aromatic N) is 1. The first-order valence-corrected chi connectivity index (χ1v) is 7.83. The Labute approximate surface area is 126 Å². The minimum absolute atomic E-state index is 0.390. The van der Waals surface area contributed by atoms with Gasteiger partial charge in [-0.25, -0.2) is 9.59 Å². The smallest absolute Gasteiger partial charge is 0.326 e. The fourth-order valence-electron chi connectivity index (χ4n) is 2.31. The second-order valence-corrected chi connectivity index (χ2v) is 5.38. The van der Waals surface area contributed by atoms with Crippen molar-refractivity contribution in [2.75, 3.05) is 39.3 Å². The number of carboxylic acid groups (broad SMARTS) is 1. The van der Waals surface area contributed by atoms with Crippen LogP contribution in [0.4, 0.5) is 4.79 Å². The molecule has 0 unspecified atom stereocenters. The van der Waals surface area contributed by atoms with Gasteiger partial charge in [-0.05, 0) is 19.4 Å². The van der Waals surface area contributed by atoms with Crippen molar-refractivity contribution in [3.8, 4) is 0 Å². The molecule has 0 bridgehead atoms. The Kier molecular flexibility index (Phi) is 8.77. The van der Waals surface area contributed by atoms with Crippen molar-refractivity contribution in [2.24, 2.45) is 0 Å². The van der Waals surface area contributed by atoms with Gasteiger partial charge in [0, 0.05) is 32.7 Å². The Hall–Kier alpha value is -1.34. The molecule has 0 aromatic heterocycles. The van der Waals surface area contributed by atoms with Crippen LogP contribution in [0.5, 0.6) is 0 Å². The van der Waals surface area contributed by atoms with Gasteiger partial charge in [-0.1, -0.05) is 19.8 Å². The monoisotopic (exact) mass is 300 g/mol. The molecule has 0 aliphatic carbocycles. The first-order chi connectivity index (χ1) is 10.1. The summed E-state index contributed by atoms with van der Waals surface area (Å²) in [5.74, 6) is -0.973. The molecule has 1 fully saturated rings. The highest BCUT2D eigenvalue weighted by Gasteiger charge is 2.18. The molecule has 1 atom stereocenters. The summed E-state index contributed by atoms with van der Waals surface area (Å²) < 4.78 is 0. The molecule has 7 heteroatoms. The van der Waals surface area contributed by atoms with Gasteiger partial charge in [0.15, 0.2) is 0 Å². The van der Waals surface area contributed by atoms with E-state index in [1.165, 1.54) is 0 Å². The standard InChI is InChI=1S/C14H28N4O3/c1-2-3-5-12(13(19)20)17-14(21)16-6-4-9-18-10-7-15-8-11-18/h12,15H,2-11H2,1H3,(H,19,20)(H2,16,17,21)/t12-/m0/s1. The number of rotatable bonds is 9. The number of hydrogen-bond acceptors (Lipinski definition) is 4. The number of carbonyl (C=O) groups excluding carboxylic acids is 1. The summed E-state index contributed by atoms with van der Waals surface area (Å²) in [6.45, 7) is 7.65. The maximum absolute atomic E-state index is 11.7. The van der Waals surface area contributed by atoms with Crippen molar-refractivity contribution < 1.29 is 14.7 Å². The topological polar surface area (TPSA) is 93.7 Å². The van der Waals surface area contributed by atoms with Gasteiger partial charge in [0.2, 0.25) is 0 Å². The van der Waals surface area contributed by atoms with Crippen LogP contribution in [0.3, 0.4) is 0 Å². The molecule has 0 aromatic carbocycles. The molecule has 1 heterocycles. The summed E-state index contributed by atoms with van der Waals surface area (Å²) in [5, 5.41) is 17.6. The van der Waals surface area contributed by atoms with Gasteiger partial charge in [0.05, 0.1) is 0 Å². The summed E-state index contributed by atoms with van der Waals surface area (Å²) in [6.07, 6.45) is 3.05. The van der Waals surface area contributed by atoms with Crippen LogP contribution in [0.15, 0.2) is 0 Å². The van der Waals surface area contributed by atoms with Crippen LogP contribution in [0.1, 0.15) is 32.6 Å². The largest absolute Gasteiger partial charge is 0.480 e. The van der Waals surface area contributed by atoms with Crippen LogP contribution in [0.25, 0.3) is 0 Å². The molecule has 0 aromatic rings. The lowest BCUT2D eigenvalue weighted by atomic mass is 10.1. The predicted octanol–water partition coefficient (Wildman–Crippen LogP) is 0.224. The highest BCUT2D eigenvalue weighted by molar-refractivity contribution is 5.82. The normalized spacial score (nSPS) is 17.2. The summed E-state index contributed by atoms with van der Waals surface area (Å²) in [6, 6.07) is -1.18. The second-order valence-electron chi connectivity index (χ2n) is 5.38. The molecule has 0 radical (unpaired) electrons. The zero-order chi connectivity index (χ0) is 15.5. The highest BCUT2D eigenvalue weighted by Crippen LogP contribution is 2.00. The van der Waals surface area contributed by atoms with Gasteiger partial charge in [0.1, 0.15) is 6.04 Å². The number of carboxylic acids is 1. The Morgan fingerprint density at radius 1 is 1.29 bits per heavy atom. The lowest BCUT2D eigenvalue weighted by Crippen LogP contribution is -2.47. The zero-order valence-corrected chi connectivity index (χ0v) is 12.9. The number of hydrogen-bond donors (Lipinski definition) is 4. The molecule has 4 N–H and O–H groups in total. The van der Waals surface area contributed by atoms with Gasteiger partial charge in [0.25, 0.3) is 0 Å². The summed E-state index contributed by atoms with van der Waals surface area (Å²) in [5.41, 5.74) is 0. The molecule has 2 amide bonds. The molecular weight excluding hydrogens is 272 g/mol. The second kappa shape index (κ2) is 10.4. The van der Waals surface area contributed by atoms with Crippen LogP contribution in [-0.4, -0.2) is 67.3 Å². The van der Waals surface area contributed by atoms with Crippen LogP contribution in [-0.2, 0) is 4.79 Å². The first kappa shape index (κ1) is 17.7. The number of nitrogens with one attached hydrogen (secondary N) is 3. The van der Waals surface area contributed by atoms with E-state index in [2.05, 4.69) is 20.9 Å². The molecule has 1 aliphatic heterocycles. The van der Waals surface area contributed by atoms with Crippen molar-refractivity contribution in [1.82, 2.24) is 20.9 Å². The van der Waals surface area contributed by atoms with Gasteiger partial charge in [-0.15, -0.1) is 0 Å². The fourth-order valence-corrected chi connectivity index (χ4v) is 2.31. The van der Waals surface area contributed by atoms with Gasteiger partial charge in [-0.3, -0.25) is 0 Å². The van der Waals surface area contributed by atoms with E-state index in [4.69, 9.17) is 5.11 Å². The van der Waals surface area contributed by atoms with E-state index in [0.29, 0.717) is 13.0 Å². The van der Waals surface area contributed by atoms with Crippen LogP contribution >= 0.6 is 0 Å². The van der Waals surface area contributed by atoms with E-state index in [1.807, 2.05) is 6.92 Å². The van der Waals surface area contributed by atoms with Crippen molar-refractivity contribution in [3.63, 3.8) is 0 Å². The van der Waals surface area contributed by atoms with E-state index in [0.717, 1.165) is 52.0 Å². The number of piperazine rings is 1. The molecule has 0 spiro atoms. The average molecular weight is 300 g/mol. The zero-order valence-electron chi connectivity index (χ0n) is 12.9. The third-order valence-corrected chi connectivity index (χ3v) is 3.60. The quantitative estimate of drug-likeness (QED) is 0.457. The molecule has 1 saturated heterocycles. The number of carbonyl (C=O) groups is 2. The fraction of sp³-hybridized carbons (Fsp3) is 0.857. The van der Waals surface area contributed by atoms with Crippen molar-refractivity contribution >= 4 is 12.0 Å². The van der Waals surface area contributed by atoms with Crippen molar-refractivity contribution in [3.05, 3.63) is 0 Å². The van der Waals surface area contributed by atoms with Crippen molar-refractivity contribution in [1.29, 1.82) is 0 Å². The van der Waals surface area contributed by atoms with E-state index < -0.39 is 12.0 Å². The minimum atomic E-state index is -0.973. The lowest BCUT2D eigenvalue weighted by Gasteiger charge is -2.27. The van der Waals surface area contributed by atoms with Gasteiger partial charge >= 0.3 is 12.0 Å². The third-order valence-electron chi connectivity index (χ3n) is 3.60. The summed E-state index contributed by atoms with van der Waals surface area (Å²) in [7, 11) is 0. The van der Waals surface area contributed by atoms with E-state index in [9.17, 15) is 9.59 Å². The Morgan fingerprint density at radius 2 is 2.00 bits per heavy atom. The van der Waals surface area contributed by atoms with Crippen LogP contribution in [0.2, 0.25) is 0 Å². The third kappa shape index (κ3) is 7.87. The summed E-state index contributed by atoms with van der Waals surface area (Å²) >= 11 is 0. The Balaban J connectivity index is 2.12. The van der Waals surface area contributed by atoms with Gasteiger partial charge < -0.3 is 26.0 Å². The summed E-state index contributed by atoms with van der Waals surface area (Å²) in [4.78, 5) is 25.0. The van der Waals surface area contributed by atoms with Crippen molar-refractivity contribution in [2.45, 2.75) is 38.6 Å². The molecule has 1 rings (SSSR count). The molecule has 7 nitrogen and oxygen atoms in total. The SMILES string of the molecule is CCCC[C@H](NC(=O)NCCCN1CCNCC1)C(=O)O. The molecular formula is C14H28N4O3. The lowest BCUT2D eigenvalue weighted by molar-refractivity contribution is -0.139. The van der Waals surface area contributed by atoms with E-state index >= 15 is 0 Å². The van der Waals surface area contributed by atoms with E-state index in [-0.39, 0.29) is 6.03 Å². The molecule has 122 valence electrons.